The van der Waals surface area contributed by atoms with E-state index in [4.69, 9.17) is 22.7 Å². The second-order valence-electron chi connectivity index (χ2n) is 2.17. The molecule has 0 fully saturated rings. The lowest BCUT2D eigenvalue weighted by molar-refractivity contribution is 0.626. The van der Waals surface area contributed by atoms with Crippen LogP contribution in [0.4, 0.5) is 10.1 Å². The molecule has 3 N–H and O–H groups in total. The van der Waals surface area contributed by atoms with Crippen LogP contribution in [0, 0.1) is 11.2 Å². The summed E-state index contributed by atoms with van der Waals surface area (Å²) in [6, 6.07) is 2.56. The van der Waals surface area contributed by atoms with E-state index >= 15 is 0 Å². The molecule has 0 aliphatic rings. The highest BCUT2D eigenvalue weighted by atomic mass is 127. The maximum Gasteiger partial charge on any atom is 0.136 e. The van der Waals surface area contributed by atoms with Crippen molar-refractivity contribution in [3.05, 3.63) is 28.5 Å². The number of nitrogens with one attached hydrogen (secondary N) is 1. The Labute approximate surface area is 87.6 Å². The summed E-state index contributed by atoms with van der Waals surface area (Å²) in [6.45, 7) is 0. The van der Waals surface area contributed by atoms with E-state index in [9.17, 15) is 4.39 Å². The third kappa shape index (κ3) is 1.87. The molecule has 1 rings (SSSR count). The molecule has 0 aliphatic heterocycles. The van der Waals surface area contributed by atoms with Gasteiger partial charge in [0, 0.05) is 10.7 Å². The average molecular weight is 298 g/mol. The molecule has 0 unspecified atom stereocenters. The molecule has 5 heteroatoms. The molecule has 1 aromatic carbocycles. The van der Waals surface area contributed by atoms with E-state index in [1.807, 2.05) is 0 Å². The lowest BCUT2D eigenvalue weighted by Gasteiger charge is -2.04. The highest BCUT2D eigenvalue weighted by Gasteiger charge is 2.10. The molecule has 0 spiro atoms. The van der Waals surface area contributed by atoms with Gasteiger partial charge in [-0.15, -0.1) is 0 Å². The van der Waals surface area contributed by atoms with Crippen LogP contribution in [-0.4, -0.2) is 3.72 Å². The molecule has 0 saturated heterocycles. The fourth-order valence-corrected chi connectivity index (χ4v) is 1.61. The molecule has 0 amide bonds. The summed E-state index contributed by atoms with van der Waals surface area (Å²) in [7, 11) is 0. The van der Waals surface area contributed by atoms with E-state index in [1.54, 1.807) is 22.6 Å². The number of hydrogen-bond acceptors (Lipinski definition) is 2. The fourth-order valence-electron chi connectivity index (χ4n) is 0.825. The van der Waals surface area contributed by atoms with E-state index in [0.29, 0.717) is 0 Å². The Kier molecular flexibility index (Phi) is 2.89. The predicted molar refractivity (Wildman–Crippen MR) is 56.7 cm³/mol. The first-order valence-electron chi connectivity index (χ1n) is 3.01. The second kappa shape index (κ2) is 3.57. The van der Waals surface area contributed by atoms with Crippen LogP contribution in [0.1, 0.15) is 5.56 Å². The number of anilines is 1. The zero-order chi connectivity index (χ0) is 9.30. The zero-order valence-corrected chi connectivity index (χ0v) is 8.78. The SMILES string of the molecule is N=C(I)c1c(N)cc(Cl)cc1F. The van der Waals surface area contributed by atoms with Crippen molar-refractivity contribution in [2.24, 2.45) is 0 Å². The Morgan fingerprint density at radius 3 is 2.58 bits per heavy atom. The average Bonchev–Trinajstić information content (AvgIpc) is 1.82. The topological polar surface area (TPSA) is 49.9 Å². The van der Waals surface area contributed by atoms with Crippen LogP contribution in [0.3, 0.4) is 0 Å². The number of benzene rings is 1. The Hall–Kier alpha value is -0.360. The quantitative estimate of drug-likeness (QED) is 0.467. The first-order valence-corrected chi connectivity index (χ1v) is 4.47. The van der Waals surface area contributed by atoms with Crippen LogP contribution in [-0.2, 0) is 0 Å². The molecule has 0 aromatic heterocycles. The molecule has 0 bridgehead atoms. The van der Waals surface area contributed by atoms with Crippen LogP contribution >= 0.6 is 34.2 Å². The summed E-state index contributed by atoms with van der Waals surface area (Å²) >= 11 is 7.23. The van der Waals surface area contributed by atoms with Gasteiger partial charge in [-0.3, -0.25) is 5.41 Å². The molecular formula is C7H5ClFIN2. The number of nitrogens with two attached hydrogens (primary N) is 1. The van der Waals surface area contributed by atoms with Crippen LogP contribution in [0.5, 0.6) is 0 Å². The van der Waals surface area contributed by atoms with Gasteiger partial charge in [-0.25, -0.2) is 4.39 Å². The molecule has 0 saturated carbocycles. The van der Waals surface area contributed by atoms with Crippen molar-refractivity contribution in [2.45, 2.75) is 0 Å². The maximum absolute atomic E-state index is 13.1. The monoisotopic (exact) mass is 298 g/mol. The summed E-state index contributed by atoms with van der Waals surface area (Å²) in [5.41, 5.74) is 5.76. The summed E-state index contributed by atoms with van der Waals surface area (Å²) in [5, 5.41) is 7.45. The molecule has 12 heavy (non-hydrogen) atoms. The van der Waals surface area contributed by atoms with Crippen LogP contribution in [0.25, 0.3) is 0 Å². The van der Waals surface area contributed by atoms with Crippen LogP contribution < -0.4 is 5.73 Å². The highest BCUT2D eigenvalue weighted by Crippen LogP contribution is 2.23. The Morgan fingerprint density at radius 2 is 2.17 bits per heavy atom. The van der Waals surface area contributed by atoms with Crippen molar-refractivity contribution >= 4 is 43.6 Å². The molecule has 2 nitrogen and oxygen atoms in total. The highest BCUT2D eigenvalue weighted by molar-refractivity contribution is 14.1. The Morgan fingerprint density at radius 1 is 1.58 bits per heavy atom. The van der Waals surface area contributed by atoms with Gasteiger partial charge in [0.2, 0.25) is 0 Å². The smallest absolute Gasteiger partial charge is 0.136 e. The van der Waals surface area contributed by atoms with Gasteiger partial charge in [-0.05, 0) is 34.7 Å². The minimum atomic E-state index is -0.556. The van der Waals surface area contributed by atoms with Crippen LogP contribution in [0.15, 0.2) is 12.1 Å². The number of rotatable bonds is 1. The normalized spacial score (nSPS) is 9.92. The first kappa shape index (κ1) is 9.73. The summed E-state index contributed by atoms with van der Waals surface area (Å²) in [5.74, 6) is -0.556. The lowest BCUT2D eigenvalue weighted by Crippen LogP contribution is -2.00. The summed E-state index contributed by atoms with van der Waals surface area (Å²) in [4.78, 5) is 0. The van der Waals surface area contributed by atoms with Gasteiger partial charge in [0.05, 0.1) is 5.56 Å². The predicted octanol–water partition coefficient (Wildman–Crippen LogP) is 2.82. The lowest BCUT2D eigenvalue weighted by atomic mass is 10.2. The maximum atomic E-state index is 13.1. The molecule has 0 aliphatic carbocycles. The number of halogens is 3. The molecule has 0 atom stereocenters. The molecular weight excluding hydrogens is 293 g/mol. The van der Waals surface area contributed by atoms with Gasteiger partial charge in [-0.1, -0.05) is 11.6 Å². The molecule has 0 heterocycles. The van der Waals surface area contributed by atoms with Crippen molar-refractivity contribution in [2.75, 3.05) is 5.73 Å². The minimum Gasteiger partial charge on any atom is -0.398 e. The van der Waals surface area contributed by atoms with Gasteiger partial charge in [0.1, 0.15) is 9.54 Å². The Balaban J connectivity index is 3.38. The van der Waals surface area contributed by atoms with Crippen molar-refractivity contribution in [1.82, 2.24) is 0 Å². The van der Waals surface area contributed by atoms with Gasteiger partial charge in [0.25, 0.3) is 0 Å². The van der Waals surface area contributed by atoms with Crippen molar-refractivity contribution in [1.29, 1.82) is 5.41 Å². The van der Waals surface area contributed by atoms with Crippen LogP contribution in [0.2, 0.25) is 5.02 Å². The van der Waals surface area contributed by atoms with Gasteiger partial charge in [0.15, 0.2) is 0 Å². The van der Waals surface area contributed by atoms with Gasteiger partial charge < -0.3 is 5.73 Å². The largest absolute Gasteiger partial charge is 0.398 e. The molecule has 64 valence electrons. The van der Waals surface area contributed by atoms with E-state index in [0.717, 1.165) is 6.07 Å². The van der Waals surface area contributed by atoms with E-state index in [1.165, 1.54) is 6.07 Å². The summed E-state index contributed by atoms with van der Waals surface area (Å²) in [6.07, 6.45) is 0. The summed E-state index contributed by atoms with van der Waals surface area (Å²) < 4.78 is 13.1. The standard InChI is InChI=1S/C7H5ClFIN2/c8-3-1-4(9)6(7(10)12)5(11)2-3/h1-2,12H,11H2. The second-order valence-corrected chi connectivity index (χ2v) is 3.68. The number of nitrogen functional groups attached to an aromatic ring is 1. The number of hydrogen-bond donors (Lipinski definition) is 2. The third-order valence-electron chi connectivity index (χ3n) is 1.30. The van der Waals surface area contributed by atoms with E-state index in [2.05, 4.69) is 0 Å². The first-order chi connectivity index (χ1) is 5.52. The van der Waals surface area contributed by atoms with Gasteiger partial charge in [-0.2, -0.15) is 0 Å². The zero-order valence-electron chi connectivity index (χ0n) is 5.87. The van der Waals surface area contributed by atoms with Crippen molar-refractivity contribution in [3.63, 3.8) is 0 Å². The van der Waals surface area contributed by atoms with Gasteiger partial charge >= 0.3 is 0 Å². The molecule has 1 aromatic rings. The van der Waals surface area contributed by atoms with Crippen molar-refractivity contribution < 1.29 is 4.39 Å². The molecule has 0 radical (unpaired) electrons. The van der Waals surface area contributed by atoms with Crippen molar-refractivity contribution in [3.8, 4) is 0 Å². The Bertz CT molecular complexity index is 317. The third-order valence-corrected chi connectivity index (χ3v) is 2.06. The van der Waals surface area contributed by atoms with E-state index in [-0.39, 0.29) is 20.0 Å². The van der Waals surface area contributed by atoms with E-state index < -0.39 is 5.82 Å². The fraction of sp³-hybridized carbons (Fsp3) is 0. The minimum absolute atomic E-state index is 0.0688.